The average Bonchev–Trinajstić information content (AvgIpc) is 2.77. The van der Waals surface area contributed by atoms with Gasteiger partial charge in [0, 0.05) is 0 Å². The first-order valence-electron chi connectivity index (χ1n) is 14.2. The van der Waals surface area contributed by atoms with E-state index in [1.807, 2.05) is 13.8 Å². The minimum absolute atomic E-state index is 0.0118. The summed E-state index contributed by atoms with van der Waals surface area (Å²) in [5.41, 5.74) is -1.10. The molecule has 0 spiro atoms. The fourth-order valence-corrected chi connectivity index (χ4v) is 10.4. The largest absolute Gasteiger partial charge is 0.481 e. The van der Waals surface area contributed by atoms with E-state index < -0.39 is 28.2 Å². The molecule has 7 atom stereocenters. The molecular formula is C31H48O6. The molecule has 3 saturated carbocycles. The Morgan fingerprint density at radius 3 is 2.11 bits per heavy atom. The number of carboxylic acid groups (broad SMARTS) is 2. The van der Waals surface area contributed by atoms with E-state index in [4.69, 9.17) is 4.74 Å². The quantitative estimate of drug-likeness (QED) is 0.310. The van der Waals surface area contributed by atoms with Crippen LogP contribution in [0, 0.1) is 50.2 Å². The fraction of sp³-hybridized carbons (Fsp3) is 0.839. The third-order valence-corrected chi connectivity index (χ3v) is 12.1. The van der Waals surface area contributed by atoms with Crippen LogP contribution in [0.2, 0.25) is 0 Å². The van der Waals surface area contributed by atoms with E-state index in [1.165, 1.54) is 12.7 Å². The lowest BCUT2D eigenvalue weighted by Crippen LogP contribution is -2.62. The number of allylic oxidation sites excluding steroid dienone is 2. The van der Waals surface area contributed by atoms with E-state index in [0.29, 0.717) is 12.8 Å². The van der Waals surface area contributed by atoms with Gasteiger partial charge in [-0.05, 0) is 105 Å². The Balaban J connectivity index is 1.83. The first kappa shape index (κ1) is 28.2. The molecule has 0 amide bonds. The van der Waals surface area contributed by atoms with Crippen LogP contribution < -0.4 is 0 Å². The van der Waals surface area contributed by atoms with Gasteiger partial charge in [-0.25, -0.2) is 0 Å². The van der Waals surface area contributed by atoms with Crippen LogP contribution in [-0.2, 0) is 19.1 Å². The van der Waals surface area contributed by atoms with Crippen LogP contribution in [0.3, 0.4) is 0 Å². The van der Waals surface area contributed by atoms with Gasteiger partial charge in [-0.15, -0.1) is 0 Å². The Labute approximate surface area is 222 Å². The monoisotopic (exact) mass is 516 g/mol. The zero-order valence-corrected chi connectivity index (χ0v) is 24.2. The molecule has 0 unspecified atom stereocenters. The highest BCUT2D eigenvalue weighted by Crippen LogP contribution is 2.74. The molecule has 6 heteroatoms. The van der Waals surface area contributed by atoms with E-state index in [9.17, 15) is 24.6 Å². The van der Waals surface area contributed by atoms with Gasteiger partial charge in [0.2, 0.25) is 0 Å². The van der Waals surface area contributed by atoms with Crippen molar-refractivity contribution in [3.05, 3.63) is 11.6 Å². The molecule has 4 aliphatic rings. The standard InChI is InChI=1S/C31H48O6/c1-26(2)15-16-31(24(34)35)14-11-20-28(5)12-9-19(27(3,4)25(36)37-8)30(7,18-23(32)33)21(28)10-13-29(20,6)22(31)17-26/h11,19,21-22H,9-10,12-18H2,1-8H3,(H,32,33)(H,34,35)/t19-,21-,22-,28-,29+,30-,31+/m0/s1. The molecule has 208 valence electrons. The molecule has 4 aliphatic carbocycles. The van der Waals surface area contributed by atoms with Gasteiger partial charge in [-0.1, -0.05) is 46.3 Å². The summed E-state index contributed by atoms with van der Waals surface area (Å²) in [6, 6.07) is 0. The summed E-state index contributed by atoms with van der Waals surface area (Å²) in [7, 11) is 1.41. The number of aliphatic carboxylic acids is 2. The summed E-state index contributed by atoms with van der Waals surface area (Å²) in [6.45, 7) is 15.1. The van der Waals surface area contributed by atoms with Gasteiger partial charge in [0.25, 0.3) is 0 Å². The minimum atomic E-state index is -0.831. The van der Waals surface area contributed by atoms with Crippen LogP contribution >= 0.6 is 0 Å². The Morgan fingerprint density at radius 2 is 1.54 bits per heavy atom. The lowest BCUT2D eigenvalue weighted by molar-refractivity contribution is -0.182. The second kappa shape index (κ2) is 8.58. The Kier molecular flexibility index (Phi) is 6.53. The number of hydrogen-bond acceptors (Lipinski definition) is 4. The van der Waals surface area contributed by atoms with Crippen LogP contribution in [0.5, 0.6) is 0 Å². The van der Waals surface area contributed by atoms with Gasteiger partial charge in [-0.2, -0.15) is 0 Å². The second-order valence-corrected chi connectivity index (χ2v) is 15.0. The molecule has 3 fully saturated rings. The molecule has 0 aromatic carbocycles. The lowest BCUT2D eigenvalue weighted by atomic mass is 9.35. The number of ether oxygens (including phenoxy) is 1. The summed E-state index contributed by atoms with van der Waals surface area (Å²) in [6.07, 6.45) is 8.69. The highest BCUT2D eigenvalue weighted by Gasteiger charge is 2.68. The van der Waals surface area contributed by atoms with Crippen LogP contribution in [0.4, 0.5) is 0 Å². The lowest BCUT2D eigenvalue weighted by Gasteiger charge is -2.68. The summed E-state index contributed by atoms with van der Waals surface area (Å²) >= 11 is 0. The van der Waals surface area contributed by atoms with Crippen LogP contribution in [0.15, 0.2) is 11.6 Å². The van der Waals surface area contributed by atoms with Crippen molar-refractivity contribution in [1.29, 1.82) is 0 Å². The van der Waals surface area contributed by atoms with Crippen molar-refractivity contribution in [2.75, 3.05) is 7.11 Å². The van der Waals surface area contributed by atoms with Crippen LogP contribution in [-0.4, -0.2) is 35.2 Å². The van der Waals surface area contributed by atoms with Crippen molar-refractivity contribution in [3.8, 4) is 0 Å². The number of methoxy groups -OCH3 is 1. The van der Waals surface area contributed by atoms with Crippen molar-refractivity contribution in [2.24, 2.45) is 50.2 Å². The highest BCUT2D eigenvalue weighted by atomic mass is 16.5. The molecule has 0 aromatic heterocycles. The van der Waals surface area contributed by atoms with Gasteiger partial charge in [0.1, 0.15) is 0 Å². The highest BCUT2D eigenvalue weighted by molar-refractivity contribution is 5.77. The number of fused-ring (bicyclic) bond motifs is 5. The predicted octanol–water partition coefficient (Wildman–Crippen LogP) is 6.73. The topological polar surface area (TPSA) is 101 Å². The van der Waals surface area contributed by atoms with Crippen molar-refractivity contribution < 1.29 is 29.3 Å². The molecular weight excluding hydrogens is 468 g/mol. The molecule has 0 heterocycles. The first-order chi connectivity index (χ1) is 16.9. The van der Waals surface area contributed by atoms with E-state index in [2.05, 4.69) is 40.7 Å². The maximum Gasteiger partial charge on any atom is 0.311 e. The number of carbonyl (C=O) groups excluding carboxylic acids is 1. The number of carboxylic acids is 2. The number of esters is 1. The molecule has 2 N–H and O–H groups in total. The zero-order chi connectivity index (χ0) is 27.8. The van der Waals surface area contributed by atoms with E-state index in [-0.39, 0.29) is 46.4 Å². The van der Waals surface area contributed by atoms with Gasteiger partial charge in [-0.3, -0.25) is 14.4 Å². The first-order valence-corrected chi connectivity index (χ1v) is 14.2. The molecule has 0 saturated heterocycles. The van der Waals surface area contributed by atoms with E-state index >= 15 is 0 Å². The van der Waals surface area contributed by atoms with E-state index in [1.54, 1.807) is 0 Å². The molecule has 0 aliphatic heterocycles. The zero-order valence-electron chi connectivity index (χ0n) is 24.2. The Morgan fingerprint density at radius 1 is 0.946 bits per heavy atom. The molecule has 0 aromatic rings. The molecule has 0 radical (unpaired) electrons. The van der Waals surface area contributed by atoms with Crippen molar-refractivity contribution in [1.82, 2.24) is 0 Å². The SMILES string of the molecule is COC(=O)C(C)(C)[C@@H]1CC[C@@]2(C)C3=CC[C@@]4(C(=O)O)CCC(C)(C)C[C@H]4[C@]3(C)CC[C@@H]2[C@@]1(C)CC(=O)O. The normalized spacial score (nSPS) is 42.9. The number of carbonyl (C=O) groups is 3. The summed E-state index contributed by atoms with van der Waals surface area (Å²) in [5.74, 6) is -1.74. The van der Waals surface area contributed by atoms with Crippen molar-refractivity contribution in [2.45, 2.75) is 106 Å². The minimum Gasteiger partial charge on any atom is -0.481 e. The van der Waals surface area contributed by atoms with Crippen LogP contribution in [0.25, 0.3) is 0 Å². The van der Waals surface area contributed by atoms with Crippen molar-refractivity contribution >= 4 is 17.9 Å². The molecule has 37 heavy (non-hydrogen) atoms. The summed E-state index contributed by atoms with van der Waals surface area (Å²) < 4.78 is 5.19. The van der Waals surface area contributed by atoms with Crippen LogP contribution in [0.1, 0.15) is 106 Å². The number of rotatable bonds is 5. The third kappa shape index (κ3) is 3.90. The molecule has 4 rings (SSSR count). The maximum absolute atomic E-state index is 12.9. The van der Waals surface area contributed by atoms with Gasteiger partial charge < -0.3 is 14.9 Å². The van der Waals surface area contributed by atoms with Gasteiger partial charge >= 0.3 is 17.9 Å². The van der Waals surface area contributed by atoms with Crippen molar-refractivity contribution in [3.63, 3.8) is 0 Å². The summed E-state index contributed by atoms with van der Waals surface area (Å²) in [5, 5.41) is 20.6. The number of hydrogen-bond donors (Lipinski definition) is 2. The molecule has 6 nitrogen and oxygen atoms in total. The predicted molar refractivity (Wildman–Crippen MR) is 142 cm³/mol. The fourth-order valence-electron chi connectivity index (χ4n) is 10.4. The smallest absolute Gasteiger partial charge is 0.311 e. The second-order valence-electron chi connectivity index (χ2n) is 15.0. The maximum atomic E-state index is 12.9. The molecule has 0 bridgehead atoms. The van der Waals surface area contributed by atoms with Gasteiger partial charge in [0.15, 0.2) is 0 Å². The average molecular weight is 517 g/mol. The summed E-state index contributed by atoms with van der Waals surface area (Å²) in [4.78, 5) is 38.0. The van der Waals surface area contributed by atoms with Gasteiger partial charge in [0.05, 0.1) is 24.4 Å². The third-order valence-electron chi connectivity index (χ3n) is 12.1. The Hall–Kier alpha value is -1.85. The van der Waals surface area contributed by atoms with E-state index in [0.717, 1.165) is 38.5 Å². The Bertz CT molecular complexity index is 1020.